The lowest BCUT2D eigenvalue weighted by atomic mass is 9.87. The first-order chi connectivity index (χ1) is 9.90. The summed E-state index contributed by atoms with van der Waals surface area (Å²) in [4.78, 5) is 14.3. The highest BCUT2D eigenvalue weighted by Gasteiger charge is 2.32. The topological polar surface area (TPSA) is 20.3 Å². The summed E-state index contributed by atoms with van der Waals surface area (Å²) in [5.74, 6) is 0.324. The number of halogens is 1. The molecule has 1 heterocycles. The fraction of sp³-hybridized carbons (Fsp3) is 0.611. The molecule has 0 radical (unpaired) electrons. The van der Waals surface area contributed by atoms with Crippen LogP contribution in [0.2, 0.25) is 0 Å². The maximum Gasteiger partial charge on any atom is 0.225 e. The van der Waals surface area contributed by atoms with E-state index in [1.54, 1.807) is 6.07 Å². The number of carbonyl (C=O) groups is 1. The molecule has 0 spiro atoms. The van der Waals surface area contributed by atoms with Crippen LogP contribution < -0.4 is 0 Å². The van der Waals surface area contributed by atoms with Crippen molar-refractivity contribution in [2.24, 2.45) is 11.8 Å². The standard InChI is InChI=1S/C16H22FNO.C2H6/c1-10(2)15-8-12-5-6-14(17)7-13(12)9-18(15)16(19)11(3)4;1-2/h5-7,10-11,15H,8-9H2,1-4H3;1-2H3. The van der Waals surface area contributed by atoms with Crippen molar-refractivity contribution in [2.75, 3.05) is 0 Å². The van der Waals surface area contributed by atoms with Crippen molar-refractivity contribution in [3.05, 3.63) is 35.1 Å². The van der Waals surface area contributed by atoms with E-state index in [1.165, 1.54) is 11.6 Å². The van der Waals surface area contributed by atoms with Crippen LogP contribution in [-0.2, 0) is 17.8 Å². The number of hydrogen-bond acceptors (Lipinski definition) is 1. The Bertz CT molecular complexity index is 482. The molecule has 2 nitrogen and oxygen atoms in total. The fourth-order valence-electron chi connectivity index (χ4n) is 2.75. The van der Waals surface area contributed by atoms with E-state index in [4.69, 9.17) is 0 Å². The predicted molar refractivity (Wildman–Crippen MR) is 85.5 cm³/mol. The highest BCUT2D eigenvalue weighted by atomic mass is 19.1. The van der Waals surface area contributed by atoms with Crippen molar-refractivity contribution in [3.63, 3.8) is 0 Å². The summed E-state index contributed by atoms with van der Waals surface area (Å²) in [7, 11) is 0. The summed E-state index contributed by atoms with van der Waals surface area (Å²) < 4.78 is 13.3. The summed E-state index contributed by atoms with van der Waals surface area (Å²) >= 11 is 0. The Labute approximate surface area is 128 Å². The van der Waals surface area contributed by atoms with Crippen molar-refractivity contribution < 1.29 is 9.18 Å². The second-order valence-electron chi connectivity index (χ2n) is 6.05. The quantitative estimate of drug-likeness (QED) is 0.790. The van der Waals surface area contributed by atoms with Crippen LogP contribution in [0.5, 0.6) is 0 Å². The molecular weight excluding hydrogens is 265 g/mol. The first-order valence-electron chi connectivity index (χ1n) is 7.98. The summed E-state index contributed by atoms with van der Waals surface area (Å²) in [5.41, 5.74) is 2.12. The zero-order chi connectivity index (χ0) is 16.2. The molecule has 1 amide bonds. The smallest absolute Gasteiger partial charge is 0.225 e. The molecule has 1 aliphatic heterocycles. The second-order valence-corrected chi connectivity index (χ2v) is 6.05. The van der Waals surface area contributed by atoms with Gasteiger partial charge in [0.25, 0.3) is 0 Å². The largest absolute Gasteiger partial charge is 0.335 e. The molecule has 0 saturated heterocycles. The van der Waals surface area contributed by atoms with E-state index < -0.39 is 0 Å². The minimum atomic E-state index is -0.223. The van der Waals surface area contributed by atoms with Gasteiger partial charge in [-0.1, -0.05) is 47.6 Å². The number of fused-ring (bicyclic) bond motifs is 1. The van der Waals surface area contributed by atoms with E-state index in [0.29, 0.717) is 12.5 Å². The van der Waals surface area contributed by atoms with Crippen LogP contribution in [0.15, 0.2) is 18.2 Å². The van der Waals surface area contributed by atoms with Gasteiger partial charge in [-0.2, -0.15) is 0 Å². The molecule has 1 aromatic carbocycles. The number of hydrogen-bond donors (Lipinski definition) is 0. The molecule has 0 N–H and O–H groups in total. The third kappa shape index (κ3) is 4.05. The molecular formula is C18H28FNO. The molecule has 1 aliphatic rings. The van der Waals surface area contributed by atoms with E-state index >= 15 is 0 Å². The molecule has 1 atom stereocenters. The van der Waals surface area contributed by atoms with Crippen LogP contribution in [0.3, 0.4) is 0 Å². The van der Waals surface area contributed by atoms with Crippen LogP contribution in [-0.4, -0.2) is 16.8 Å². The van der Waals surface area contributed by atoms with Crippen molar-refractivity contribution in [3.8, 4) is 0 Å². The van der Waals surface area contributed by atoms with Gasteiger partial charge < -0.3 is 4.90 Å². The van der Waals surface area contributed by atoms with Gasteiger partial charge in [0.15, 0.2) is 0 Å². The van der Waals surface area contributed by atoms with Crippen LogP contribution in [0.4, 0.5) is 4.39 Å². The van der Waals surface area contributed by atoms with Crippen molar-refractivity contribution >= 4 is 5.91 Å². The van der Waals surface area contributed by atoms with Gasteiger partial charge in [-0.25, -0.2) is 4.39 Å². The molecule has 2 rings (SSSR count). The molecule has 0 aromatic heterocycles. The highest BCUT2D eigenvalue weighted by molar-refractivity contribution is 5.78. The van der Waals surface area contributed by atoms with Crippen LogP contribution in [0.1, 0.15) is 52.7 Å². The maximum absolute atomic E-state index is 13.3. The predicted octanol–water partition coefficient (Wildman–Crippen LogP) is 4.42. The summed E-state index contributed by atoms with van der Waals surface area (Å²) in [6, 6.07) is 5.15. The van der Waals surface area contributed by atoms with E-state index in [9.17, 15) is 9.18 Å². The summed E-state index contributed by atoms with van der Waals surface area (Å²) in [5, 5.41) is 0. The second kappa shape index (κ2) is 7.58. The third-order valence-corrected chi connectivity index (χ3v) is 3.88. The number of benzene rings is 1. The summed E-state index contributed by atoms with van der Waals surface area (Å²) in [6.45, 7) is 12.6. The number of amides is 1. The zero-order valence-electron chi connectivity index (χ0n) is 14.1. The van der Waals surface area contributed by atoms with Crippen LogP contribution >= 0.6 is 0 Å². The lowest BCUT2D eigenvalue weighted by Gasteiger charge is -2.40. The Balaban J connectivity index is 0.00000106. The molecule has 0 fully saturated rings. The van der Waals surface area contributed by atoms with Crippen molar-refractivity contribution in [1.82, 2.24) is 4.90 Å². The van der Waals surface area contributed by atoms with E-state index in [2.05, 4.69) is 13.8 Å². The SMILES string of the molecule is CC.CC(C)C(=O)N1Cc2cc(F)ccc2CC1C(C)C. The van der Waals surface area contributed by atoms with Gasteiger partial charge in [0.2, 0.25) is 5.91 Å². The highest BCUT2D eigenvalue weighted by Crippen LogP contribution is 2.29. The average Bonchev–Trinajstić information content (AvgIpc) is 2.46. The van der Waals surface area contributed by atoms with E-state index in [1.807, 2.05) is 38.7 Å². The Morgan fingerprint density at radius 2 is 1.81 bits per heavy atom. The Hall–Kier alpha value is -1.38. The Morgan fingerprint density at radius 1 is 1.19 bits per heavy atom. The van der Waals surface area contributed by atoms with Crippen LogP contribution in [0.25, 0.3) is 0 Å². The number of carbonyl (C=O) groups excluding carboxylic acids is 1. The Morgan fingerprint density at radius 3 is 2.33 bits per heavy atom. The Kier molecular flexibility index (Phi) is 6.38. The van der Waals surface area contributed by atoms with E-state index in [-0.39, 0.29) is 23.7 Å². The lowest BCUT2D eigenvalue weighted by Crippen LogP contribution is -2.48. The molecule has 0 aliphatic carbocycles. The molecule has 21 heavy (non-hydrogen) atoms. The molecule has 0 bridgehead atoms. The molecule has 118 valence electrons. The van der Waals surface area contributed by atoms with Crippen LogP contribution in [0, 0.1) is 17.7 Å². The minimum Gasteiger partial charge on any atom is -0.335 e. The number of nitrogens with zero attached hydrogens (tertiary/aromatic N) is 1. The van der Waals surface area contributed by atoms with Gasteiger partial charge in [0.05, 0.1) is 0 Å². The van der Waals surface area contributed by atoms with E-state index in [0.717, 1.165) is 12.0 Å². The van der Waals surface area contributed by atoms with Gasteiger partial charge in [0.1, 0.15) is 5.82 Å². The monoisotopic (exact) mass is 293 g/mol. The molecule has 3 heteroatoms. The lowest BCUT2D eigenvalue weighted by molar-refractivity contribution is -0.139. The average molecular weight is 293 g/mol. The van der Waals surface area contributed by atoms with Crippen molar-refractivity contribution in [1.29, 1.82) is 0 Å². The van der Waals surface area contributed by atoms with Gasteiger partial charge in [0, 0.05) is 18.5 Å². The van der Waals surface area contributed by atoms with Gasteiger partial charge >= 0.3 is 0 Å². The van der Waals surface area contributed by atoms with Crippen molar-refractivity contribution in [2.45, 2.75) is 60.5 Å². The van der Waals surface area contributed by atoms with Gasteiger partial charge in [-0.3, -0.25) is 4.79 Å². The number of rotatable bonds is 2. The maximum atomic E-state index is 13.3. The fourth-order valence-corrected chi connectivity index (χ4v) is 2.75. The molecule has 0 saturated carbocycles. The first-order valence-corrected chi connectivity index (χ1v) is 7.98. The van der Waals surface area contributed by atoms with Gasteiger partial charge in [-0.15, -0.1) is 0 Å². The normalized spacial score (nSPS) is 17.4. The summed E-state index contributed by atoms with van der Waals surface area (Å²) in [6.07, 6.45) is 0.825. The third-order valence-electron chi connectivity index (χ3n) is 3.88. The van der Waals surface area contributed by atoms with Gasteiger partial charge in [-0.05, 0) is 35.6 Å². The zero-order valence-corrected chi connectivity index (χ0v) is 14.1. The minimum absolute atomic E-state index is 0.0173. The molecule has 1 unspecified atom stereocenters. The first kappa shape index (κ1) is 17.7. The molecule has 1 aromatic rings.